The average Bonchev–Trinajstić information content (AvgIpc) is 2.39. The molecule has 19 heavy (non-hydrogen) atoms. The van der Waals surface area contributed by atoms with E-state index in [-0.39, 0.29) is 12.0 Å². The van der Waals surface area contributed by atoms with Crippen LogP contribution in [-0.2, 0) is 9.53 Å². The van der Waals surface area contributed by atoms with Crippen LogP contribution in [0.4, 0.5) is 0 Å². The number of halogens is 1. The maximum absolute atomic E-state index is 12.1. The minimum atomic E-state index is -0.0397. The SMILES string of the molecule is CC(C)CC(=O)N1CCOC(c2ccc(Cl)cc2)C1. The van der Waals surface area contributed by atoms with Gasteiger partial charge < -0.3 is 9.64 Å². The molecule has 1 aromatic rings. The Labute approximate surface area is 119 Å². The lowest BCUT2D eigenvalue weighted by Gasteiger charge is -2.33. The molecule has 1 aromatic carbocycles. The van der Waals surface area contributed by atoms with E-state index in [1.165, 1.54) is 0 Å². The molecule has 0 spiro atoms. The second-order valence-electron chi connectivity index (χ2n) is 5.35. The van der Waals surface area contributed by atoms with E-state index in [0.717, 1.165) is 5.56 Å². The number of carbonyl (C=O) groups excluding carboxylic acids is 1. The van der Waals surface area contributed by atoms with Crippen molar-refractivity contribution in [2.45, 2.75) is 26.4 Å². The topological polar surface area (TPSA) is 29.5 Å². The summed E-state index contributed by atoms with van der Waals surface area (Å²) in [6.45, 7) is 6.05. The van der Waals surface area contributed by atoms with E-state index in [1.807, 2.05) is 29.2 Å². The van der Waals surface area contributed by atoms with Crippen LogP contribution in [0.3, 0.4) is 0 Å². The van der Waals surface area contributed by atoms with Crippen molar-refractivity contribution >= 4 is 17.5 Å². The lowest BCUT2D eigenvalue weighted by molar-refractivity contribution is -0.139. The molecule has 1 heterocycles. The maximum atomic E-state index is 12.1. The van der Waals surface area contributed by atoms with Crippen LogP contribution >= 0.6 is 11.6 Å². The Morgan fingerprint density at radius 2 is 2.11 bits per heavy atom. The van der Waals surface area contributed by atoms with Crippen LogP contribution in [-0.4, -0.2) is 30.5 Å². The Bertz CT molecular complexity index is 430. The van der Waals surface area contributed by atoms with Crippen LogP contribution in [0.1, 0.15) is 31.9 Å². The van der Waals surface area contributed by atoms with Crippen molar-refractivity contribution in [3.8, 4) is 0 Å². The lowest BCUT2D eigenvalue weighted by Crippen LogP contribution is -2.42. The number of benzene rings is 1. The zero-order valence-electron chi connectivity index (χ0n) is 11.4. The first-order chi connectivity index (χ1) is 9.06. The maximum Gasteiger partial charge on any atom is 0.223 e. The summed E-state index contributed by atoms with van der Waals surface area (Å²) < 4.78 is 5.75. The van der Waals surface area contributed by atoms with Crippen molar-refractivity contribution in [1.82, 2.24) is 4.90 Å². The third kappa shape index (κ3) is 3.95. The van der Waals surface area contributed by atoms with Gasteiger partial charge in [-0.15, -0.1) is 0 Å². The minimum absolute atomic E-state index is 0.0397. The predicted molar refractivity (Wildman–Crippen MR) is 76.2 cm³/mol. The highest BCUT2D eigenvalue weighted by Gasteiger charge is 2.25. The summed E-state index contributed by atoms with van der Waals surface area (Å²) in [5.41, 5.74) is 1.08. The molecule has 1 aliphatic heterocycles. The molecule has 0 aromatic heterocycles. The van der Waals surface area contributed by atoms with Gasteiger partial charge in [0.25, 0.3) is 0 Å². The van der Waals surface area contributed by atoms with Gasteiger partial charge in [-0.3, -0.25) is 4.79 Å². The minimum Gasteiger partial charge on any atom is -0.370 e. The van der Waals surface area contributed by atoms with Crippen LogP contribution in [0.15, 0.2) is 24.3 Å². The van der Waals surface area contributed by atoms with Gasteiger partial charge in [0, 0.05) is 18.0 Å². The Morgan fingerprint density at radius 3 is 2.74 bits per heavy atom. The number of amides is 1. The third-order valence-electron chi connectivity index (χ3n) is 3.24. The molecule has 0 saturated carbocycles. The number of nitrogens with zero attached hydrogens (tertiary/aromatic N) is 1. The number of carbonyl (C=O) groups is 1. The molecular weight excluding hydrogens is 262 g/mol. The summed E-state index contributed by atoms with van der Waals surface area (Å²) in [6, 6.07) is 7.64. The molecule has 1 amide bonds. The van der Waals surface area contributed by atoms with E-state index >= 15 is 0 Å². The van der Waals surface area contributed by atoms with Crippen LogP contribution < -0.4 is 0 Å². The lowest BCUT2D eigenvalue weighted by atomic mass is 10.1. The smallest absolute Gasteiger partial charge is 0.223 e. The van der Waals surface area contributed by atoms with E-state index in [4.69, 9.17) is 16.3 Å². The van der Waals surface area contributed by atoms with Crippen LogP contribution in [0, 0.1) is 5.92 Å². The van der Waals surface area contributed by atoms with Crippen molar-refractivity contribution in [1.29, 1.82) is 0 Å². The number of morpholine rings is 1. The van der Waals surface area contributed by atoms with E-state index in [9.17, 15) is 4.79 Å². The number of rotatable bonds is 3. The van der Waals surface area contributed by atoms with Crippen molar-refractivity contribution in [3.63, 3.8) is 0 Å². The van der Waals surface area contributed by atoms with Gasteiger partial charge in [0.05, 0.1) is 13.2 Å². The largest absolute Gasteiger partial charge is 0.370 e. The molecule has 0 bridgehead atoms. The van der Waals surface area contributed by atoms with Crippen LogP contribution in [0.2, 0.25) is 5.02 Å². The van der Waals surface area contributed by atoms with E-state index < -0.39 is 0 Å². The van der Waals surface area contributed by atoms with Gasteiger partial charge in [0.15, 0.2) is 0 Å². The molecule has 104 valence electrons. The summed E-state index contributed by atoms with van der Waals surface area (Å²) in [4.78, 5) is 14.0. The predicted octanol–water partition coefficient (Wildman–Crippen LogP) is 3.29. The first kappa shape index (κ1) is 14.4. The van der Waals surface area contributed by atoms with E-state index in [2.05, 4.69) is 13.8 Å². The fourth-order valence-corrected chi connectivity index (χ4v) is 2.36. The monoisotopic (exact) mass is 281 g/mol. The van der Waals surface area contributed by atoms with E-state index in [0.29, 0.717) is 37.1 Å². The molecular formula is C15H20ClNO2. The Balaban J connectivity index is 2.00. The standard InChI is InChI=1S/C15H20ClNO2/c1-11(2)9-15(18)17-7-8-19-14(10-17)12-3-5-13(16)6-4-12/h3-6,11,14H,7-10H2,1-2H3. The normalized spacial score (nSPS) is 19.8. The third-order valence-corrected chi connectivity index (χ3v) is 3.50. The molecule has 0 radical (unpaired) electrons. The van der Waals surface area contributed by atoms with Gasteiger partial charge in [0.2, 0.25) is 5.91 Å². The second kappa shape index (κ2) is 6.40. The second-order valence-corrected chi connectivity index (χ2v) is 5.79. The van der Waals surface area contributed by atoms with Gasteiger partial charge >= 0.3 is 0 Å². The summed E-state index contributed by atoms with van der Waals surface area (Å²) in [5.74, 6) is 0.613. The highest BCUT2D eigenvalue weighted by Crippen LogP contribution is 2.24. The summed E-state index contributed by atoms with van der Waals surface area (Å²) >= 11 is 5.88. The number of ether oxygens (including phenoxy) is 1. The molecule has 1 aliphatic rings. The van der Waals surface area contributed by atoms with Crippen molar-refractivity contribution in [3.05, 3.63) is 34.9 Å². The first-order valence-corrected chi connectivity index (χ1v) is 7.09. The Kier molecular flexibility index (Phi) is 4.83. The molecule has 3 nitrogen and oxygen atoms in total. The number of hydrogen-bond donors (Lipinski definition) is 0. The quantitative estimate of drug-likeness (QED) is 0.851. The molecule has 2 rings (SSSR count). The highest BCUT2D eigenvalue weighted by molar-refractivity contribution is 6.30. The van der Waals surface area contributed by atoms with E-state index in [1.54, 1.807) is 0 Å². The van der Waals surface area contributed by atoms with Crippen LogP contribution in [0.5, 0.6) is 0 Å². The molecule has 0 N–H and O–H groups in total. The highest BCUT2D eigenvalue weighted by atomic mass is 35.5. The summed E-state index contributed by atoms with van der Waals surface area (Å²) in [7, 11) is 0. The average molecular weight is 282 g/mol. The van der Waals surface area contributed by atoms with Gasteiger partial charge in [-0.1, -0.05) is 37.6 Å². The molecule has 1 unspecified atom stereocenters. The summed E-state index contributed by atoms with van der Waals surface area (Å²) in [6.07, 6.45) is 0.565. The van der Waals surface area contributed by atoms with Crippen molar-refractivity contribution < 1.29 is 9.53 Å². The molecule has 0 aliphatic carbocycles. The van der Waals surface area contributed by atoms with Crippen LogP contribution in [0.25, 0.3) is 0 Å². The Hall–Kier alpha value is -1.06. The molecule has 4 heteroatoms. The molecule has 1 saturated heterocycles. The van der Waals surface area contributed by atoms with Gasteiger partial charge in [-0.2, -0.15) is 0 Å². The fraction of sp³-hybridized carbons (Fsp3) is 0.533. The fourth-order valence-electron chi connectivity index (χ4n) is 2.23. The van der Waals surface area contributed by atoms with Crippen molar-refractivity contribution in [2.75, 3.05) is 19.7 Å². The molecule has 1 atom stereocenters. The Morgan fingerprint density at radius 1 is 1.42 bits per heavy atom. The number of hydrogen-bond acceptors (Lipinski definition) is 2. The van der Waals surface area contributed by atoms with Gasteiger partial charge in [-0.05, 0) is 23.6 Å². The van der Waals surface area contributed by atoms with Crippen molar-refractivity contribution in [2.24, 2.45) is 5.92 Å². The van der Waals surface area contributed by atoms with Gasteiger partial charge in [0.1, 0.15) is 6.10 Å². The first-order valence-electron chi connectivity index (χ1n) is 6.71. The molecule has 1 fully saturated rings. The van der Waals surface area contributed by atoms with Gasteiger partial charge in [-0.25, -0.2) is 0 Å². The zero-order chi connectivity index (χ0) is 13.8. The zero-order valence-corrected chi connectivity index (χ0v) is 12.2. The summed E-state index contributed by atoms with van der Waals surface area (Å²) in [5, 5.41) is 0.715.